The summed E-state index contributed by atoms with van der Waals surface area (Å²) >= 11 is 0. The van der Waals surface area contributed by atoms with Gasteiger partial charge in [0.05, 0.1) is 0 Å². The van der Waals surface area contributed by atoms with Gasteiger partial charge >= 0.3 is 0 Å². The number of Topliss-reactive ketones (excluding diaryl/α,β-unsaturated/α-hetero) is 1. The fourth-order valence-corrected chi connectivity index (χ4v) is 3.22. The number of piperazine rings is 1. The van der Waals surface area contributed by atoms with Crippen molar-refractivity contribution in [2.24, 2.45) is 5.73 Å². The van der Waals surface area contributed by atoms with Crippen LogP contribution in [0.5, 0.6) is 5.75 Å². The predicted octanol–water partition coefficient (Wildman–Crippen LogP) is 1.80. The van der Waals surface area contributed by atoms with E-state index in [0.29, 0.717) is 37.3 Å². The van der Waals surface area contributed by atoms with Gasteiger partial charge in [-0.1, -0.05) is 0 Å². The summed E-state index contributed by atoms with van der Waals surface area (Å²) in [5.41, 5.74) is 7.20. The summed E-state index contributed by atoms with van der Waals surface area (Å²) in [6.07, 6.45) is 0.325. The van der Waals surface area contributed by atoms with Crippen molar-refractivity contribution >= 4 is 23.3 Å². The van der Waals surface area contributed by atoms with Crippen LogP contribution in [0.4, 0.5) is 5.69 Å². The lowest BCUT2D eigenvalue weighted by Crippen LogP contribution is -2.48. The standard InChI is InChI=1S/C21H23N3O4/c22-21(28)16-1-5-17(6-2-16)23-11-13-24(14-12-23)20(27)10-9-19(26)15-3-7-18(25)8-4-15/h1-8,25H,9-14H2,(H2,22,28). The van der Waals surface area contributed by atoms with Crippen LogP contribution in [-0.4, -0.2) is 53.8 Å². The number of carbonyl (C=O) groups is 3. The third-order valence-electron chi connectivity index (χ3n) is 4.90. The van der Waals surface area contributed by atoms with Gasteiger partial charge in [-0.2, -0.15) is 0 Å². The number of benzene rings is 2. The summed E-state index contributed by atoms with van der Waals surface area (Å²) in [7, 11) is 0. The zero-order chi connectivity index (χ0) is 20.1. The summed E-state index contributed by atoms with van der Waals surface area (Å²) in [4.78, 5) is 39.7. The number of hydrogen-bond acceptors (Lipinski definition) is 5. The van der Waals surface area contributed by atoms with E-state index in [2.05, 4.69) is 4.90 Å². The van der Waals surface area contributed by atoms with Crippen molar-refractivity contribution in [2.75, 3.05) is 31.1 Å². The molecule has 0 spiro atoms. The van der Waals surface area contributed by atoms with Crippen LogP contribution in [0.2, 0.25) is 0 Å². The zero-order valence-electron chi connectivity index (χ0n) is 15.5. The van der Waals surface area contributed by atoms with Crippen molar-refractivity contribution in [3.63, 3.8) is 0 Å². The van der Waals surface area contributed by atoms with Crippen LogP contribution < -0.4 is 10.6 Å². The van der Waals surface area contributed by atoms with Gasteiger partial charge in [0.2, 0.25) is 11.8 Å². The van der Waals surface area contributed by atoms with Crippen LogP contribution in [0.15, 0.2) is 48.5 Å². The number of phenols is 1. The fourth-order valence-electron chi connectivity index (χ4n) is 3.22. The average Bonchev–Trinajstić information content (AvgIpc) is 2.72. The van der Waals surface area contributed by atoms with Crippen molar-refractivity contribution in [1.82, 2.24) is 4.90 Å². The van der Waals surface area contributed by atoms with Gasteiger partial charge in [0.25, 0.3) is 0 Å². The molecule has 28 heavy (non-hydrogen) atoms. The normalized spacial score (nSPS) is 14.0. The lowest BCUT2D eigenvalue weighted by molar-refractivity contribution is -0.131. The molecule has 1 fully saturated rings. The molecule has 1 aliphatic rings. The highest BCUT2D eigenvalue weighted by Gasteiger charge is 2.22. The largest absolute Gasteiger partial charge is 0.508 e. The monoisotopic (exact) mass is 381 g/mol. The molecule has 0 saturated carbocycles. The maximum atomic E-state index is 12.4. The Morgan fingerprint density at radius 1 is 0.821 bits per heavy atom. The third kappa shape index (κ3) is 4.68. The maximum absolute atomic E-state index is 12.4. The predicted molar refractivity (Wildman–Crippen MR) is 105 cm³/mol. The van der Waals surface area contributed by atoms with Gasteiger partial charge in [0.1, 0.15) is 5.75 Å². The molecule has 0 atom stereocenters. The number of phenolic OH excluding ortho intramolecular Hbond substituents is 1. The molecule has 2 amide bonds. The highest BCUT2D eigenvalue weighted by molar-refractivity contribution is 5.98. The zero-order valence-corrected chi connectivity index (χ0v) is 15.5. The number of anilines is 1. The van der Waals surface area contributed by atoms with E-state index < -0.39 is 5.91 Å². The summed E-state index contributed by atoms with van der Waals surface area (Å²) in [5, 5.41) is 9.27. The minimum absolute atomic E-state index is 0.0316. The molecule has 3 rings (SSSR count). The lowest BCUT2D eigenvalue weighted by Gasteiger charge is -2.36. The third-order valence-corrected chi connectivity index (χ3v) is 4.90. The topological polar surface area (TPSA) is 104 Å². The van der Waals surface area contributed by atoms with E-state index in [1.807, 2.05) is 12.1 Å². The van der Waals surface area contributed by atoms with E-state index in [1.165, 1.54) is 12.1 Å². The summed E-state index contributed by atoms with van der Waals surface area (Å²) < 4.78 is 0. The van der Waals surface area contributed by atoms with Gasteiger partial charge in [-0.3, -0.25) is 14.4 Å². The number of amides is 2. The molecule has 0 aliphatic carbocycles. The SMILES string of the molecule is NC(=O)c1ccc(N2CCN(C(=O)CCC(=O)c3ccc(O)cc3)CC2)cc1. The maximum Gasteiger partial charge on any atom is 0.248 e. The van der Waals surface area contributed by atoms with Gasteiger partial charge in [-0.05, 0) is 48.5 Å². The smallest absolute Gasteiger partial charge is 0.248 e. The molecular weight excluding hydrogens is 358 g/mol. The molecule has 1 saturated heterocycles. The van der Waals surface area contributed by atoms with Crippen LogP contribution in [0.25, 0.3) is 0 Å². The van der Waals surface area contributed by atoms with Gasteiger partial charge in [0.15, 0.2) is 5.78 Å². The summed E-state index contributed by atoms with van der Waals surface area (Å²) in [6.45, 7) is 2.55. The molecule has 0 bridgehead atoms. The minimum Gasteiger partial charge on any atom is -0.508 e. The van der Waals surface area contributed by atoms with Crippen molar-refractivity contribution in [3.05, 3.63) is 59.7 Å². The molecule has 0 unspecified atom stereocenters. The molecule has 2 aromatic rings. The second-order valence-electron chi connectivity index (χ2n) is 6.75. The first-order valence-electron chi connectivity index (χ1n) is 9.19. The van der Waals surface area contributed by atoms with E-state index in [1.54, 1.807) is 29.2 Å². The second kappa shape index (κ2) is 8.56. The number of nitrogens with two attached hydrogens (primary N) is 1. The molecule has 3 N–H and O–H groups in total. The van der Waals surface area contributed by atoms with E-state index in [-0.39, 0.29) is 30.3 Å². The molecule has 7 nitrogen and oxygen atoms in total. The first kappa shape index (κ1) is 19.4. The number of ketones is 1. The Labute approximate surface area is 163 Å². The fraction of sp³-hybridized carbons (Fsp3) is 0.286. The number of primary amides is 1. The van der Waals surface area contributed by atoms with Gasteiger partial charge in [-0.15, -0.1) is 0 Å². The van der Waals surface area contributed by atoms with Crippen LogP contribution in [0.3, 0.4) is 0 Å². The molecule has 1 heterocycles. The number of nitrogens with zero attached hydrogens (tertiary/aromatic N) is 2. The molecular formula is C21H23N3O4. The van der Waals surface area contributed by atoms with E-state index in [4.69, 9.17) is 5.73 Å². The van der Waals surface area contributed by atoms with E-state index >= 15 is 0 Å². The van der Waals surface area contributed by atoms with E-state index in [0.717, 1.165) is 5.69 Å². The van der Waals surface area contributed by atoms with Crippen molar-refractivity contribution < 1.29 is 19.5 Å². The first-order chi connectivity index (χ1) is 13.4. The molecule has 0 aromatic heterocycles. The minimum atomic E-state index is -0.455. The van der Waals surface area contributed by atoms with Crippen molar-refractivity contribution in [2.45, 2.75) is 12.8 Å². The first-order valence-corrected chi connectivity index (χ1v) is 9.19. The van der Waals surface area contributed by atoms with Crippen molar-refractivity contribution in [1.29, 1.82) is 0 Å². The molecule has 0 radical (unpaired) electrons. The van der Waals surface area contributed by atoms with Gasteiger partial charge < -0.3 is 20.6 Å². The van der Waals surface area contributed by atoms with Gasteiger partial charge in [0, 0.05) is 55.8 Å². The second-order valence-corrected chi connectivity index (χ2v) is 6.75. The Kier molecular flexibility index (Phi) is 5.93. The summed E-state index contributed by atoms with van der Waals surface area (Å²) in [6, 6.07) is 13.2. The molecule has 146 valence electrons. The Hall–Kier alpha value is -3.35. The quantitative estimate of drug-likeness (QED) is 0.743. The van der Waals surface area contributed by atoms with Crippen LogP contribution >= 0.6 is 0 Å². The highest BCUT2D eigenvalue weighted by Crippen LogP contribution is 2.18. The molecule has 1 aliphatic heterocycles. The van der Waals surface area contributed by atoms with Crippen LogP contribution in [-0.2, 0) is 4.79 Å². The average molecular weight is 381 g/mol. The van der Waals surface area contributed by atoms with Crippen LogP contribution in [0.1, 0.15) is 33.6 Å². The Bertz CT molecular complexity index is 854. The number of carbonyl (C=O) groups excluding carboxylic acids is 3. The number of rotatable bonds is 6. The Morgan fingerprint density at radius 3 is 1.96 bits per heavy atom. The Balaban J connectivity index is 1.47. The number of hydrogen-bond donors (Lipinski definition) is 2. The Morgan fingerprint density at radius 2 is 1.39 bits per heavy atom. The number of aromatic hydroxyl groups is 1. The van der Waals surface area contributed by atoms with Crippen molar-refractivity contribution in [3.8, 4) is 5.75 Å². The van der Waals surface area contributed by atoms with Gasteiger partial charge in [-0.25, -0.2) is 0 Å². The molecule has 7 heteroatoms. The van der Waals surface area contributed by atoms with Crippen LogP contribution in [0, 0.1) is 0 Å². The summed E-state index contributed by atoms with van der Waals surface area (Å²) in [5.74, 6) is -0.490. The van der Waals surface area contributed by atoms with E-state index in [9.17, 15) is 19.5 Å². The lowest BCUT2D eigenvalue weighted by atomic mass is 10.1. The highest BCUT2D eigenvalue weighted by atomic mass is 16.3. The molecule has 2 aromatic carbocycles.